The Bertz CT molecular complexity index is 438. The Hall–Kier alpha value is -1.10. The van der Waals surface area contributed by atoms with E-state index < -0.39 is 0 Å². The second-order valence-electron chi connectivity index (χ2n) is 5.49. The van der Waals surface area contributed by atoms with E-state index in [-0.39, 0.29) is 0 Å². The second-order valence-corrected chi connectivity index (χ2v) is 6.38. The van der Waals surface area contributed by atoms with Gasteiger partial charge >= 0.3 is 0 Å². The van der Waals surface area contributed by atoms with E-state index >= 15 is 0 Å². The van der Waals surface area contributed by atoms with Crippen molar-refractivity contribution in [2.24, 2.45) is 10.9 Å². The molecule has 19 heavy (non-hydrogen) atoms. The van der Waals surface area contributed by atoms with Crippen molar-refractivity contribution in [3.05, 3.63) is 16.1 Å². The maximum absolute atomic E-state index is 4.61. The zero-order valence-corrected chi connectivity index (χ0v) is 13.0. The lowest BCUT2D eigenvalue weighted by atomic mass is 10.2. The number of aromatic nitrogens is 1. The summed E-state index contributed by atoms with van der Waals surface area (Å²) in [4.78, 5) is 9.22. The van der Waals surface area contributed by atoms with Gasteiger partial charge in [-0.3, -0.25) is 0 Å². The summed E-state index contributed by atoms with van der Waals surface area (Å²) < 4.78 is 0. The van der Waals surface area contributed by atoms with Crippen molar-refractivity contribution in [2.75, 3.05) is 6.54 Å². The SMILES string of the molecule is CCNC(=NCc1csc(C(C)C)n1)NC1CC1C. The first-order valence-corrected chi connectivity index (χ1v) is 7.97. The van der Waals surface area contributed by atoms with Gasteiger partial charge in [-0.25, -0.2) is 9.98 Å². The minimum atomic E-state index is 0.501. The molecule has 2 atom stereocenters. The minimum Gasteiger partial charge on any atom is -0.357 e. The third kappa shape index (κ3) is 4.20. The van der Waals surface area contributed by atoms with Crippen LogP contribution in [0.4, 0.5) is 0 Å². The van der Waals surface area contributed by atoms with Gasteiger partial charge in [0.15, 0.2) is 5.96 Å². The summed E-state index contributed by atoms with van der Waals surface area (Å²) in [6.07, 6.45) is 1.25. The summed E-state index contributed by atoms with van der Waals surface area (Å²) >= 11 is 1.73. The Balaban J connectivity index is 1.92. The number of nitrogens with one attached hydrogen (secondary N) is 2. The summed E-state index contributed by atoms with van der Waals surface area (Å²) in [6, 6.07) is 0.597. The third-order valence-corrected chi connectivity index (χ3v) is 4.43. The molecule has 2 unspecified atom stereocenters. The maximum atomic E-state index is 4.61. The zero-order valence-electron chi connectivity index (χ0n) is 12.2. The maximum Gasteiger partial charge on any atom is 0.191 e. The van der Waals surface area contributed by atoms with E-state index in [0.717, 1.165) is 24.1 Å². The van der Waals surface area contributed by atoms with Crippen LogP contribution in [0.1, 0.15) is 50.7 Å². The van der Waals surface area contributed by atoms with Crippen molar-refractivity contribution < 1.29 is 0 Å². The average molecular weight is 280 g/mol. The number of rotatable bonds is 5. The summed E-state index contributed by atoms with van der Waals surface area (Å²) in [5, 5.41) is 10.1. The van der Waals surface area contributed by atoms with E-state index in [2.05, 4.69) is 53.7 Å². The molecule has 0 bridgehead atoms. The molecule has 1 heterocycles. The molecule has 0 aliphatic heterocycles. The van der Waals surface area contributed by atoms with Gasteiger partial charge in [0.05, 0.1) is 17.2 Å². The molecule has 1 aliphatic rings. The Morgan fingerprint density at radius 2 is 2.32 bits per heavy atom. The van der Waals surface area contributed by atoms with Crippen LogP contribution in [-0.2, 0) is 6.54 Å². The van der Waals surface area contributed by atoms with Crippen molar-refractivity contribution in [3.8, 4) is 0 Å². The molecule has 0 radical (unpaired) electrons. The van der Waals surface area contributed by atoms with Crippen LogP contribution < -0.4 is 10.6 Å². The second kappa shape index (κ2) is 6.37. The third-order valence-electron chi connectivity index (χ3n) is 3.24. The fourth-order valence-corrected chi connectivity index (χ4v) is 2.67. The standard InChI is InChI=1S/C14H24N4S/c1-5-15-14(18-12-6-10(12)4)16-7-11-8-19-13(17-11)9(2)3/h8-10,12H,5-7H2,1-4H3,(H2,15,16,18). The first kappa shape index (κ1) is 14.3. The highest BCUT2D eigenvalue weighted by molar-refractivity contribution is 7.09. The van der Waals surface area contributed by atoms with Crippen molar-refractivity contribution >= 4 is 17.3 Å². The van der Waals surface area contributed by atoms with Gasteiger partial charge in [-0.15, -0.1) is 11.3 Å². The van der Waals surface area contributed by atoms with Crippen LogP contribution in [0.3, 0.4) is 0 Å². The fourth-order valence-electron chi connectivity index (χ4n) is 1.84. The molecule has 1 aromatic heterocycles. The Labute approximate surface area is 119 Å². The van der Waals surface area contributed by atoms with E-state index in [9.17, 15) is 0 Å². The normalized spacial score (nSPS) is 22.7. The fraction of sp³-hybridized carbons (Fsp3) is 0.714. The average Bonchev–Trinajstić information content (AvgIpc) is 2.89. The highest BCUT2D eigenvalue weighted by Gasteiger charge is 2.33. The summed E-state index contributed by atoms with van der Waals surface area (Å²) in [7, 11) is 0. The highest BCUT2D eigenvalue weighted by atomic mass is 32.1. The molecule has 1 fully saturated rings. The molecule has 1 saturated carbocycles. The summed E-state index contributed by atoms with van der Waals surface area (Å²) in [5.74, 6) is 2.19. The summed E-state index contributed by atoms with van der Waals surface area (Å²) in [6.45, 7) is 10.2. The van der Waals surface area contributed by atoms with Crippen LogP contribution in [0.25, 0.3) is 0 Å². The predicted octanol–water partition coefficient (Wildman–Crippen LogP) is 2.73. The van der Waals surface area contributed by atoms with Crippen molar-refractivity contribution in [2.45, 2.75) is 52.6 Å². The molecular formula is C14H24N4S. The molecule has 106 valence electrons. The molecule has 1 aromatic rings. The molecule has 2 N–H and O–H groups in total. The molecule has 4 nitrogen and oxygen atoms in total. The lowest BCUT2D eigenvalue weighted by Gasteiger charge is -2.10. The van der Waals surface area contributed by atoms with E-state index in [1.807, 2.05) is 0 Å². The zero-order chi connectivity index (χ0) is 13.8. The van der Waals surface area contributed by atoms with E-state index in [0.29, 0.717) is 18.5 Å². The minimum absolute atomic E-state index is 0.501. The Morgan fingerprint density at radius 3 is 2.84 bits per heavy atom. The quantitative estimate of drug-likeness (QED) is 0.644. The van der Waals surface area contributed by atoms with Crippen LogP contribution in [0.5, 0.6) is 0 Å². The van der Waals surface area contributed by atoms with Crippen LogP contribution in [0, 0.1) is 5.92 Å². The van der Waals surface area contributed by atoms with Gasteiger partial charge < -0.3 is 10.6 Å². The molecule has 0 saturated heterocycles. The molecule has 5 heteroatoms. The Kier molecular flexibility index (Phi) is 4.80. The van der Waals surface area contributed by atoms with Crippen LogP contribution in [0.2, 0.25) is 0 Å². The van der Waals surface area contributed by atoms with Gasteiger partial charge in [-0.1, -0.05) is 20.8 Å². The van der Waals surface area contributed by atoms with Gasteiger partial charge in [0.1, 0.15) is 0 Å². The van der Waals surface area contributed by atoms with Crippen LogP contribution >= 0.6 is 11.3 Å². The smallest absolute Gasteiger partial charge is 0.191 e. The molecule has 0 spiro atoms. The number of thiazole rings is 1. The number of aliphatic imine (C=N–C) groups is 1. The largest absolute Gasteiger partial charge is 0.357 e. The Morgan fingerprint density at radius 1 is 1.58 bits per heavy atom. The molecule has 0 aromatic carbocycles. The van der Waals surface area contributed by atoms with E-state index in [4.69, 9.17) is 0 Å². The van der Waals surface area contributed by atoms with Gasteiger partial charge in [0.2, 0.25) is 0 Å². The first-order chi connectivity index (χ1) is 9.10. The predicted molar refractivity (Wildman–Crippen MR) is 81.7 cm³/mol. The molecule has 0 amide bonds. The van der Waals surface area contributed by atoms with Crippen LogP contribution in [-0.4, -0.2) is 23.5 Å². The van der Waals surface area contributed by atoms with Crippen molar-refractivity contribution in [1.29, 1.82) is 0 Å². The van der Waals surface area contributed by atoms with Gasteiger partial charge in [-0.05, 0) is 19.3 Å². The molecule has 2 rings (SSSR count). The number of hydrogen-bond donors (Lipinski definition) is 2. The monoisotopic (exact) mass is 280 g/mol. The number of guanidine groups is 1. The lowest BCUT2D eigenvalue weighted by Crippen LogP contribution is -2.39. The molecular weight excluding hydrogens is 256 g/mol. The molecule has 1 aliphatic carbocycles. The van der Waals surface area contributed by atoms with E-state index in [1.165, 1.54) is 11.4 Å². The topological polar surface area (TPSA) is 49.3 Å². The number of nitrogens with zero attached hydrogens (tertiary/aromatic N) is 2. The van der Waals surface area contributed by atoms with Crippen LogP contribution in [0.15, 0.2) is 10.4 Å². The van der Waals surface area contributed by atoms with Gasteiger partial charge in [-0.2, -0.15) is 0 Å². The van der Waals surface area contributed by atoms with E-state index in [1.54, 1.807) is 11.3 Å². The van der Waals surface area contributed by atoms with Crippen molar-refractivity contribution in [3.63, 3.8) is 0 Å². The lowest BCUT2D eigenvalue weighted by molar-refractivity contribution is 0.763. The first-order valence-electron chi connectivity index (χ1n) is 7.09. The van der Waals surface area contributed by atoms with Crippen molar-refractivity contribution in [1.82, 2.24) is 15.6 Å². The highest BCUT2D eigenvalue weighted by Crippen LogP contribution is 2.28. The van der Waals surface area contributed by atoms with Gasteiger partial charge in [0.25, 0.3) is 0 Å². The number of hydrogen-bond acceptors (Lipinski definition) is 3. The summed E-state index contributed by atoms with van der Waals surface area (Å²) in [5.41, 5.74) is 1.06. The van der Waals surface area contributed by atoms with Gasteiger partial charge in [0, 0.05) is 23.9 Å².